The van der Waals surface area contributed by atoms with Gasteiger partial charge in [0.15, 0.2) is 0 Å². The van der Waals surface area contributed by atoms with Crippen molar-refractivity contribution in [1.29, 1.82) is 0 Å². The molecule has 24 heavy (non-hydrogen) atoms. The second-order valence-electron chi connectivity index (χ2n) is 7.50. The van der Waals surface area contributed by atoms with E-state index in [1.165, 1.54) is 17.0 Å². The summed E-state index contributed by atoms with van der Waals surface area (Å²) in [7, 11) is 0. The number of primary amides is 1. The molecule has 0 radical (unpaired) electrons. The minimum Gasteiger partial charge on any atom is -0.369 e. The Morgan fingerprint density at radius 1 is 1.29 bits per heavy atom. The van der Waals surface area contributed by atoms with Crippen LogP contribution < -0.4 is 5.73 Å². The fraction of sp³-hybridized carbons (Fsp3) is 0.529. The van der Waals surface area contributed by atoms with E-state index in [9.17, 15) is 22.8 Å². The van der Waals surface area contributed by atoms with Crippen molar-refractivity contribution in [1.82, 2.24) is 4.90 Å². The van der Waals surface area contributed by atoms with Crippen molar-refractivity contribution in [3.63, 3.8) is 0 Å². The molecule has 0 spiro atoms. The van der Waals surface area contributed by atoms with Crippen LogP contribution in [0.15, 0.2) is 24.3 Å². The molecule has 130 valence electrons. The average molecular weight is 340 g/mol. The lowest BCUT2D eigenvalue weighted by atomic mass is 9.48. The number of likely N-dealkylation sites (tertiary alicyclic amines) is 1. The molecular formula is C17H19F3N2O2. The second kappa shape index (κ2) is 4.97. The zero-order valence-corrected chi connectivity index (χ0v) is 13.5. The third-order valence-electron chi connectivity index (χ3n) is 5.47. The number of fused-ring (bicyclic) bond motifs is 1. The minimum atomic E-state index is -4.50. The number of halogens is 3. The van der Waals surface area contributed by atoms with E-state index in [0.29, 0.717) is 13.0 Å². The first-order chi connectivity index (χ1) is 11.0. The molecule has 1 aliphatic carbocycles. The van der Waals surface area contributed by atoms with Gasteiger partial charge in [-0.15, -0.1) is 0 Å². The Balaban J connectivity index is 1.86. The maximum absolute atomic E-state index is 12.8. The van der Waals surface area contributed by atoms with E-state index in [1.54, 1.807) is 0 Å². The van der Waals surface area contributed by atoms with Crippen molar-refractivity contribution in [3.8, 4) is 0 Å². The molecule has 1 aromatic rings. The lowest BCUT2D eigenvalue weighted by Crippen LogP contribution is -2.59. The number of carbonyl (C=O) groups excluding carboxylic acids is 2. The monoisotopic (exact) mass is 340 g/mol. The third kappa shape index (κ3) is 2.37. The highest BCUT2D eigenvalue weighted by atomic mass is 19.4. The Hall–Kier alpha value is -2.05. The van der Waals surface area contributed by atoms with Crippen LogP contribution in [0.3, 0.4) is 0 Å². The number of carbonyl (C=O) groups is 2. The fourth-order valence-electron chi connectivity index (χ4n) is 4.39. The van der Waals surface area contributed by atoms with E-state index in [-0.39, 0.29) is 23.4 Å². The summed E-state index contributed by atoms with van der Waals surface area (Å²) in [6.45, 7) is 4.53. The SMILES string of the molecule is CC1(C)C[C@]2(C(N)=O)CN(C(=O)c3cccc(C(F)(F)F)c3)C[C@H]12. The molecule has 0 bridgehead atoms. The van der Waals surface area contributed by atoms with Crippen LogP contribution in [-0.4, -0.2) is 29.8 Å². The van der Waals surface area contributed by atoms with Crippen LogP contribution in [0.5, 0.6) is 0 Å². The summed E-state index contributed by atoms with van der Waals surface area (Å²) in [5, 5.41) is 0. The normalized spacial score (nSPS) is 28.2. The maximum atomic E-state index is 12.8. The van der Waals surface area contributed by atoms with Gasteiger partial charge in [0.05, 0.1) is 11.0 Å². The predicted molar refractivity (Wildman–Crippen MR) is 80.9 cm³/mol. The molecule has 2 N–H and O–H groups in total. The van der Waals surface area contributed by atoms with Crippen LogP contribution >= 0.6 is 0 Å². The summed E-state index contributed by atoms with van der Waals surface area (Å²) in [5.41, 5.74) is 3.80. The van der Waals surface area contributed by atoms with Gasteiger partial charge in [-0.2, -0.15) is 13.2 Å². The van der Waals surface area contributed by atoms with E-state index in [2.05, 4.69) is 0 Å². The van der Waals surface area contributed by atoms with Crippen molar-refractivity contribution < 1.29 is 22.8 Å². The van der Waals surface area contributed by atoms with Crippen LogP contribution in [-0.2, 0) is 11.0 Å². The number of hydrogen-bond acceptors (Lipinski definition) is 2. The topological polar surface area (TPSA) is 63.4 Å². The Morgan fingerprint density at radius 3 is 2.46 bits per heavy atom. The number of hydrogen-bond donors (Lipinski definition) is 1. The molecule has 1 aliphatic heterocycles. The van der Waals surface area contributed by atoms with Crippen LogP contribution in [0.2, 0.25) is 0 Å². The van der Waals surface area contributed by atoms with Crippen molar-refractivity contribution in [2.24, 2.45) is 22.5 Å². The summed E-state index contributed by atoms with van der Waals surface area (Å²) in [5.74, 6) is -0.990. The predicted octanol–water partition coefficient (Wildman–Crippen LogP) is 2.68. The first-order valence-electron chi connectivity index (χ1n) is 7.74. The Bertz CT molecular complexity index is 714. The van der Waals surface area contributed by atoms with Crippen molar-refractivity contribution in [3.05, 3.63) is 35.4 Å². The summed E-state index contributed by atoms with van der Waals surface area (Å²) < 4.78 is 38.5. The summed E-state index contributed by atoms with van der Waals surface area (Å²) >= 11 is 0. The molecule has 1 saturated heterocycles. The van der Waals surface area contributed by atoms with Gasteiger partial charge in [-0.1, -0.05) is 19.9 Å². The largest absolute Gasteiger partial charge is 0.416 e. The Kier molecular flexibility index (Phi) is 3.48. The summed E-state index contributed by atoms with van der Waals surface area (Å²) in [6.07, 6.45) is -3.91. The van der Waals surface area contributed by atoms with E-state index in [1.807, 2.05) is 13.8 Å². The van der Waals surface area contributed by atoms with Gasteiger partial charge in [0.2, 0.25) is 5.91 Å². The molecule has 1 aromatic carbocycles. The minimum absolute atomic E-state index is 0.0245. The van der Waals surface area contributed by atoms with Gasteiger partial charge in [-0.05, 0) is 36.0 Å². The van der Waals surface area contributed by atoms with Crippen LogP contribution in [0.1, 0.15) is 36.2 Å². The van der Waals surface area contributed by atoms with Gasteiger partial charge in [0.1, 0.15) is 0 Å². The second-order valence-corrected chi connectivity index (χ2v) is 7.50. The molecule has 0 unspecified atom stereocenters. The molecule has 1 heterocycles. The van der Waals surface area contributed by atoms with Gasteiger partial charge in [0.25, 0.3) is 5.91 Å². The Labute approximate surface area is 137 Å². The lowest BCUT2D eigenvalue weighted by Gasteiger charge is -2.54. The Morgan fingerprint density at radius 2 is 1.96 bits per heavy atom. The standard InChI is InChI=1S/C17H19F3N2O2/c1-15(2)8-16(14(21)24)9-22(7-12(15)16)13(23)10-4-3-5-11(6-10)17(18,19)20/h3-6,12H,7-9H2,1-2H3,(H2,21,24)/t12-,16+/m1/s1. The van der Waals surface area contributed by atoms with E-state index in [4.69, 9.17) is 5.73 Å². The van der Waals surface area contributed by atoms with E-state index < -0.39 is 29.0 Å². The van der Waals surface area contributed by atoms with Crippen molar-refractivity contribution >= 4 is 11.8 Å². The lowest BCUT2D eigenvalue weighted by molar-refractivity contribution is -0.148. The number of amides is 2. The molecule has 2 atom stereocenters. The van der Waals surface area contributed by atoms with E-state index >= 15 is 0 Å². The third-order valence-corrected chi connectivity index (χ3v) is 5.47. The molecule has 2 amide bonds. The van der Waals surface area contributed by atoms with Gasteiger partial charge in [-0.3, -0.25) is 9.59 Å². The van der Waals surface area contributed by atoms with Crippen molar-refractivity contribution in [2.45, 2.75) is 26.4 Å². The molecular weight excluding hydrogens is 321 g/mol. The number of alkyl halides is 3. The molecule has 7 heteroatoms. The van der Waals surface area contributed by atoms with Gasteiger partial charge < -0.3 is 10.6 Å². The first-order valence-corrected chi connectivity index (χ1v) is 7.74. The number of rotatable bonds is 2. The zero-order chi connectivity index (χ0) is 17.9. The fourth-order valence-corrected chi connectivity index (χ4v) is 4.39. The van der Waals surface area contributed by atoms with Crippen LogP contribution in [0.4, 0.5) is 13.2 Å². The molecule has 3 rings (SSSR count). The molecule has 1 saturated carbocycles. The van der Waals surface area contributed by atoms with Crippen LogP contribution in [0, 0.1) is 16.7 Å². The highest BCUT2D eigenvalue weighted by molar-refractivity contribution is 5.96. The molecule has 2 aliphatic rings. The maximum Gasteiger partial charge on any atom is 0.416 e. The highest BCUT2D eigenvalue weighted by Gasteiger charge is 2.66. The van der Waals surface area contributed by atoms with Crippen LogP contribution in [0.25, 0.3) is 0 Å². The highest BCUT2D eigenvalue weighted by Crippen LogP contribution is 2.62. The van der Waals surface area contributed by atoms with Crippen molar-refractivity contribution in [2.75, 3.05) is 13.1 Å². The summed E-state index contributed by atoms with van der Waals surface area (Å²) in [6, 6.07) is 4.36. The number of benzene rings is 1. The summed E-state index contributed by atoms with van der Waals surface area (Å²) in [4.78, 5) is 26.0. The smallest absolute Gasteiger partial charge is 0.369 e. The van der Waals surface area contributed by atoms with E-state index in [0.717, 1.165) is 12.1 Å². The quantitative estimate of drug-likeness (QED) is 0.900. The first kappa shape index (κ1) is 16.8. The van der Waals surface area contributed by atoms with Gasteiger partial charge in [0, 0.05) is 18.7 Å². The molecule has 0 aromatic heterocycles. The van der Waals surface area contributed by atoms with Gasteiger partial charge >= 0.3 is 6.18 Å². The zero-order valence-electron chi connectivity index (χ0n) is 13.5. The molecule has 4 nitrogen and oxygen atoms in total. The number of nitrogens with zero attached hydrogens (tertiary/aromatic N) is 1. The van der Waals surface area contributed by atoms with Gasteiger partial charge in [-0.25, -0.2) is 0 Å². The average Bonchev–Trinajstić information content (AvgIpc) is 2.82. The molecule has 2 fully saturated rings. The number of nitrogens with two attached hydrogens (primary N) is 1.